The van der Waals surface area contributed by atoms with Gasteiger partial charge in [-0.2, -0.15) is 0 Å². The number of carboxylic acids is 1. The van der Waals surface area contributed by atoms with E-state index in [1.807, 2.05) is 0 Å². The molecule has 0 radical (unpaired) electrons. The van der Waals surface area contributed by atoms with E-state index in [-0.39, 0.29) is 5.69 Å². The van der Waals surface area contributed by atoms with Crippen molar-refractivity contribution in [3.8, 4) is 5.69 Å². The van der Waals surface area contributed by atoms with Gasteiger partial charge in [0, 0.05) is 5.69 Å². The van der Waals surface area contributed by atoms with Crippen LogP contribution in [0.5, 0.6) is 0 Å². The number of carbonyl (C=O) groups is 1. The van der Waals surface area contributed by atoms with Gasteiger partial charge in [-0.3, -0.25) is 0 Å². The summed E-state index contributed by atoms with van der Waals surface area (Å²) in [4.78, 5) is 14.9. The second kappa shape index (κ2) is 3.49. The van der Waals surface area contributed by atoms with Crippen molar-refractivity contribution < 1.29 is 9.90 Å². The number of carboxylic acid groups (broad SMARTS) is 1. The van der Waals surface area contributed by atoms with Crippen LogP contribution in [0.4, 0.5) is 0 Å². The van der Waals surface area contributed by atoms with Crippen LogP contribution < -0.4 is 0 Å². The van der Waals surface area contributed by atoms with Crippen LogP contribution in [-0.2, 0) is 0 Å². The lowest BCUT2D eigenvalue weighted by Crippen LogP contribution is -2.09. The van der Waals surface area contributed by atoms with Crippen LogP contribution in [0.2, 0.25) is 0 Å². The number of pyridine rings is 1. The Bertz CT molecular complexity index is 493. The number of hydrogen-bond donors (Lipinski definition) is 1. The highest BCUT2D eigenvalue weighted by molar-refractivity contribution is 5.89. The topological polar surface area (TPSA) is 80.9 Å². The van der Waals surface area contributed by atoms with Gasteiger partial charge in [0.15, 0.2) is 5.69 Å². The molecule has 0 aromatic carbocycles. The van der Waals surface area contributed by atoms with Crippen molar-refractivity contribution in [2.45, 2.75) is 6.92 Å². The van der Waals surface area contributed by atoms with Gasteiger partial charge < -0.3 is 5.11 Å². The number of aromatic carboxylic acids is 1. The minimum absolute atomic E-state index is 0.0273. The molecule has 0 aliphatic heterocycles. The average Bonchev–Trinajstić information content (AvgIpc) is 2.70. The minimum Gasteiger partial charge on any atom is -0.476 e. The third kappa shape index (κ3) is 1.69. The molecule has 2 aromatic rings. The monoisotopic (exact) mass is 204 g/mol. The molecular weight excluding hydrogens is 196 g/mol. The first-order valence-electron chi connectivity index (χ1n) is 4.26. The summed E-state index contributed by atoms with van der Waals surface area (Å²) in [5, 5.41) is 16.3. The van der Waals surface area contributed by atoms with Crippen molar-refractivity contribution in [3.05, 3.63) is 35.9 Å². The molecule has 0 aliphatic carbocycles. The van der Waals surface area contributed by atoms with Crippen molar-refractivity contribution in [3.63, 3.8) is 0 Å². The molecular formula is C9H8N4O2. The molecule has 6 nitrogen and oxygen atoms in total. The largest absolute Gasteiger partial charge is 0.476 e. The maximum Gasteiger partial charge on any atom is 0.356 e. The number of aromatic nitrogens is 4. The van der Waals surface area contributed by atoms with Gasteiger partial charge in [-0.05, 0) is 19.1 Å². The van der Waals surface area contributed by atoms with E-state index in [4.69, 9.17) is 5.11 Å². The molecule has 0 amide bonds. The number of aryl methyl sites for hydroxylation is 1. The fraction of sp³-hybridized carbons (Fsp3) is 0.111. The summed E-state index contributed by atoms with van der Waals surface area (Å²) in [6.07, 6.45) is 3.05. The van der Waals surface area contributed by atoms with Crippen LogP contribution in [0.25, 0.3) is 5.69 Å². The lowest BCUT2D eigenvalue weighted by molar-refractivity contribution is 0.0690. The molecule has 2 rings (SSSR count). The van der Waals surface area contributed by atoms with Crippen LogP contribution in [0.1, 0.15) is 16.2 Å². The highest BCUT2D eigenvalue weighted by atomic mass is 16.4. The summed E-state index contributed by atoms with van der Waals surface area (Å²) in [5.74, 6) is -1.08. The van der Waals surface area contributed by atoms with E-state index in [1.54, 1.807) is 25.3 Å². The SMILES string of the molecule is Cc1ccc(-n2ccnn2)c(C(=O)O)n1. The van der Waals surface area contributed by atoms with Gasteiger partial charge in [-0.15, -0.1) is 5.10 Å². The molecule has 0 spiro atoms. The zero-order valence-corrected chi connectivity index (χ0v) is 7.95. The Morgan fingerprint density at radius 3 is 2.87 bits per heavy atom. The fourth-order valence-electron chi connectivity index (χ4n) is 1.23. The van der Waals surface area contributed by atoms with E-state index in [1.165, 1.54) is 10.9 Å². The van der Waals surface area contributed by atoms with E-state index < -0.39 is 5.97 Å². The van der Waals surface area contributed by atoms with E-state index >= 15 is 0 Å². The Kier molecular flexibility index (Phi) is 2.17. The molecule has 0 unspecified atom stereocenters. The van der Waals surface area contributed by atoms with E-state index in [0.29, 0.717) is 11.4 Å². The molecule has 0 fully saturated rings. The zero-order valence-electron chi connectivity index (χ0n) is 7.95. The van der Waals surface area contributed by atoms with Crippen molar-refractivity contribution >= 4 is 5.97 Å². The summed E-state index contributed by atoms with van der Waals surface area (Å²) in [6, 6.07) is 3.38. The first kappa shape index (κ1) is 9.32. The van der Waals surface area contributed by atoms with Crippen molar-refractivity contribution in [1.29, 1.82) is 0 Å². The van der Waals surface area contributed by atoms with Gasteiger partial charge >= 0.3 is 5.97 Å². The average molecular weight is 204 g/mol. The lowest BCUT2D eigenvalue weighted by Gasteiger charge is -2.04. The molecule has 0 saturated carbocycles. The van der Waals surface area contributed by atoms with Crippen molar-refractivity contribution in [1.82, 2.24) is 20.0 Å². The summed E-state index contributed by atoms with van der Waals surface area (Å²) in [5.41, 5.74) is 1.03. The summed E-state index contributed by atoms with van der Waals surface area (Å²) < 4.78 is 1.37. The standard InChI is InChI=1S/C9H8N4O2/c1-6-2-3-7(8(11-6)9(14)15)13-5-4-10-12-13/h2-5H,1H3,(H,14,15). The lowest BCUT2D eigenvalue weighted by atomic mass is 10.2. The molecule has 6 heteroatoms. The molecule has 0 atom stereocenters. The van der Waals surface area contributed by atoms with Gasteiger partial charge in [0.2, 0.25) is 0 Å². The molecule has 76 valence electrons. The first-order chi connectivity index (χ1) is 7.18. The second-order valence-electron chi connectivity index (χ2n) is 2.97. The molecule has 0 bridgehead atoms. The molecule has 1 N–H and O–H groups in total. The Balaban J connectivity index is 2.61. The highest BCUT2D eigenvalue weighted by Crippen LogP contribution is 2.11. The van der Waals surface area contributed by atoms with E-state index in [0.717, 1.165) is 0 Å². The molecule has 15 heavy (non-hydrogen) atoms. The number of nitrogens with zero attached hydrogens (tertiary/aromatic N) is 4. The quantitative estimate of drug-likeness (QED) is 0.777. The maximum absolute atomic E-state index is 10.9. The Labute approximate surface area is 85.2 Å². The van der Waals surface area contributed by atoms with Gasteiger partial charge in [-0.25, -0.2) is 14.5 Å². The fourth-order valence-corrected chi connectivity index (χ4v) is 1.23. The predicted molar refractivity (Wildman–Crippen MR) is 50.9 cm³/mol. The number of rotatable bonds is 2. The molecule has 2 aromatic heterocycles. The predicted octanol–water partition coefficient (Wildman–Crippen LogP) is 0.669. The zero-order chi connectivity index (χ0) is 10.8. The third-order valence-corrected chi connectivity index (χ3v) is 1.89. The first-order valence-corrected chi connectivity index (χ1v) is 4.26. The molecule has 2 heterocycles. The third-order valence-electron chi connectivity index (χ3n) is 1.89. The van der Waals surface area contributed by atoms with Gasteiger partial charge in [-0.1, -0.05) is 5.21 Å². The van der Waals surface area contributed by atoms with Crippen molar-refractivity contribution in [2.24, 2.45) is 0 Å². The summed E-state index contributed by atoms with van der Waals surface area (Å²) >= 11 is 0. The van der Waals surface area contributed by atoms with E-state index in [2.05, 4.69) is 15.3 Å². The minimum atomic E-state index is -1.08. The van der Waals surface area contributed by atoms with Crippen LogP contribution >= 0.6 is 0 Å². The molecule has 0 aliphatic rings. The maximum atomic E-state index is 10.9. The van der Waals surface area contributed by atoms with Crippen molar-refractivity contribution in [2.75, 3.05) is 0 Å². The van der Waals surface area contributed by atoms with Gasteiger partial charge in [0.1, 0.15) is 0 Å². The van der Waals surface area contributed by atoms with Gasteiger partial charge in [0.25, 0.3) is 0 Å². The summed E-state index contributed by atoms with van der Waals surface area (Å²) in [6.45, 7) is 1.73. The van der Waals surface area contributed by atoms with Crippen LogP contribution in [0.3, 0.4) is 0 Å². The Hall–Kier alpha value is -2.24. The van der Waals surface area contributed by atoms with Gasteiger partial charge in [0.05, 0.1) is 18.1 Å². The smallest absolute Gasteiger partial charge is 0.356 e. The Morgan fingerprint density at radius 2 is 2.27 bits per heavy atom. The normalized spacial score (nSPS) is 10.2. The Morgan fingerprint density at radius 1 is 1.47 bits per heavy atom. The highest BCUT2D eigenvalue weighted by Gasteiger charge is 2.13. The van der Waals surface area contributed by atoms with E-state index in [9.17, 15) is 4.79 Å². The van der Waals surface area contributed by atoms with Crippen LogP contribution in [0.15, 0.2) is 24.5 Å². The molecule has 0 saturated heterocycles. The number of hydrogen-bond acceptors (Lipinski definition) is 4. The van der Waals surface area contributed by atoms with Crippen LogP contribution in [0, 0.1) is 6.92 Å². The summed E-state index contributed by atoms with van der Waals surface area (Å²) in [7, 11) is 0. The second-order valence-corrected chi connectivity index (χ2v) is 2.97. The van der Waals surface area contributed by atoms with Crippen LogP contribution in [-0.4, -0.2) is 31.1 Å².